The summed E-state index contributed by atoms with van der Waals surface area (Å²) < 4.78 is 0. The second kappa shape index (κ2) is 4.97. The Balaban J connectivity index is 5.08. The van der Waals surface area contributed by atoms with Crippen LogP contribution in [-0.2, 0) is 0 Å². The van der Waals surface area contributed by atoms with E-state index in [1.807, 2.05) is 0 Å². The smallest absolute Gasteiger partial charge is 0.0424 e. The summed E-state index contributed by atoms with van der Waals surface area (Å²) in [5.41, 5.74) is 0. The highest BCUT2D eigenvalue weighted by atomic mass is 29.6. The van der Waals surface area contributed by atoms with E-state index in [-0.39, 0.29) is 0 Å². The maximum atomic E-state index is 3.94. The lowest BCUT2D eigenvalue weighted by Gasteiger charge is -2.48. The van der Waals surface area contributed by atoms with E-state index in [9.17, 15) is 0 Å². The zero-order valence-electron chi connectivity index (χ0n) is 11.5. The van der Waals surface area contributed by atoms with Gasteiger partial charge in [0.15, 0.2) is 0 Å². The van der Waals surface area contributed by atoms with Crippen LogP contribution in [0.15, 0.2) is 25.3 Å². The SMILES string of the molecule is C=CC[Si](C)(C)[Si](C)(C)[Si](C)(C)CC=C. The minimum Gasteiger partial charge on any atom is -0.103 e. The van der Waals surface area contributed by atoms with Gasteiger partial charge in [-0.15, -0.1) is 13.2 Å². The van der Waals surface area contributed by atoms with Crippen LogP contribution in [0.25, 0.3) is 0 Å². The van der Waals surface area contributed by atoms with Crippen LogP contribution in [-0.4, -0.2) is 22.3 Å². The van der Waals surface area contributed by atoms with Gasteiger partial charge in [-0.3, -0.25) is 0 Å². The van der Waals surface area contributed by atoms with Gasteiger partial charge in [-0.1, -0.05) is 51.4 Å². The van der Waals surface area contributed by atoms with Gasteiger partial charge in [-0.25, -0.2) is 0 Å². The molecule has 0 amide bonds. The lowest BCUT2D eigenvalue weighted by molar-refractivity contribution is 1.53. The van der Waals surface area contributed by atoms with Gasteiger partial charge < -0.3 is 0 Å². The van der Waals surface area contributed by atoms with Crippen LogP contribution in [0.5, 0.6) is 0 Å². The molecule has 15 heavy (non-hydrogen) atoms. The molecule has 0 saturated carbocycles. The van der Waals surface area contributed by atoms with Crippen LogP contribution in [0.1, 0.15) is 0 Å². The van der Waals surface area contributed by atoms with E-state index in [1.54, 1.807) is 0 Å². The molecule has 0 spiro atoms. The molecular weight excluding hydrogens is 228 g/mol. The van der Waals surface area contributed by atoms with Crippen molar-refractivity contribution in [3.63, 3.8) is 0 Å². The van der Waals surface area contributed by atoms with E-state index in [0.29, 0.717) is 0 Å². The third-order valence-electron chi connectivity index (χ3n) is 4.69. The van der Waals surface area contributed by atoms with Gasteiger partial charge >= 0.3 is 0 Å². The van der Waals surface area contributed by atoms with Crippen LogP contribution in [0.2, 0.25) is 51.4 Å². The number of allylic oxidation sites excluding steroid dienone is 2. The van der Waals surface area contributed by atoms with Crippen molar-refractivity contribution in [2.24, 2.45) is 0 Å². The Hall–Kier alpha value is 0.131. The highest BCUT2D eigenvalue weighted by Crippen LogP contribution is 2.34. The van der Waals surface area contributed by atoms with Gasteiger partial charge in [-0.2, -0.15) is 0 Å². The number of rotatable bonds is 6. The van der Waals surface area contributed by atoms with E-state index in [0.717, 1.165) is 0 Å². The van der Waals surface area contributed by atoms with Crippen molar-refractivity contribution in [2.45, 2.75) is 51.4 Å². The highest BCUT2D eigenvalue weighted by Gasteiger charge is 2.50. The van der Waals surface area contributed by atoms with Crippen molar-refractivity contribution >= 4 is 22.3 Å². The van der Waals surface area contributed by atoms with Crippen LogP contribution < -0.4 is 0 Å². The van der Waals surface area contributed by atoms with Crippen LogP contribution in [0.3, 0.4) is 0 Å². The first-order valence-corrected chi connectivity index (χ1v) is 17.3. The first-order valence-electron chi connectivity index (χ1n) is 5.84. The fourth-order valence-electron chi connectivity index (χ4n) is 2.15. The third kappa shape index (κ3) is 3.05. The lowest BCUT2D eigenvalue weighted by atomic mass is 10.8. The van der Waals surface area contributed by atoms with Gasteiger partial charge in [0.05, 0.1) is 0 Å². The monoisotopic (exact) mass is 256 g/mol. The van der Waals surface area contributed by atoms with Crippen LogP contribution in [0.4, 0.5) is 0 Å². The average Bonchev–Trinajstić information content (AvgIpc) is 2.03. The van der Waals surface area contributed by atoms with Crippen molar-refractivity contribution in [1.82, 2.24) is 0 Å². The van der Waals surface area contributed by atoms with Gasteiger partial charge in [0.2, 0.25) is 0 Å². The Kier molecular flexibility index (Phi) is 5.02. The minimum atomic E-state index is -1.07. The quantitative estimate of drug-likeness (QED) is 0.480. The molecule has 0 radical (unpaired) electrons. The van der Waals surface area contributed by atoms with E-state index in [4.69, 9.17) is 0 Å². The summed E-state index contributed by atoms with van der Waals surface area (Å²) in [4.78, 5) is 0. The molecule has 0 aliphatic rings. The summed E-state index contributed by atoms with van der Waals surface area (Å²) in [6, 6.07) is 2.58. The molecule has 0 saturated heterocycles. The maximum Gasteiger partial charge on any atom is 0.0424 e. The van der Waals surface area contributed by atoms with Crippen LogP contribution in [0, 0.1) is 0 Å². The first kappa shape index (κ1) is 15.1. The predicted molar refractivity (Wildman–Crippen MR) is 82.5 cm³/mol. The molecular formula is C12H28Si3. The minimum absolute atomic E-state index is 1.07. The molecule has 0 nitrogen and oxygen atoms in total. The summed E-state index contributed by atoms with van der Waals surface area (Å²) in [5.74, 6) is 0. The Bertz CT molecular complexity index is 215. The fourth-order valence-corrected chi connectivity index (χ4v) is 34.2. The van der Waals surface area contributed by atoms with Crippen molar-refractivity contribution in [3.05, 3.63) is 25.3 Å². The molecule has 0 rings (SSSR count). The summed E-state index contributed by atoms with van der Waals surface area (Å²) in [5, 5.41) is 0. The highest BCUT2D eigenvalue weighted by molar-refractivity contribution is 7.68. The van der Waals surface area contributed by atoms with Crippen LogP contribution >= 0.6 is 0 Å². The Morgan fingerprint density at radius 1 is 0.733 bits per heavy atom. The average molecular weight is 257 g/mol. The second-order valence-electron chi connectivity index (χ2n) is 6.38. The third-order valence-corrected chi connectivity index (χ3v) is 47.8. The van der Waals surface area contributed by atoms with Gasteiger partial charge in [-0.05, 0) is 12.1 Å². The topological polar surface area (TPSA) is 0 Å². The Morgan fingerprint density at radius 3 is 1.20 bits per heavy atom. The molecule has 0 aromatic heterocycles. The van der Waals surface area contributed by atoms with E-state index >= 15 is 0 Å². The molecule has 0 aromatic rings. The molecule has 0 aliphatic heterocycles. The summed E-state index contributed by atoms with van der Waals surface area (Å²) in [7, 11) is -3.20. The molecule has 0 N–H and O–H groups in total. The summed E-state index contributed by atoms with van der Waals surface area (Å²) >= 11 is 0. The second-order valence-corrected chi connectivity index (χ2v) is 35.1. The van der Waals surface area contributed by atoms with E-state index in [1.165, 1.54) is 12.1 Å². The molecule has 0 bridgehead atoms. The number of hydrogen-bond acceptors (Lipinski definition) is 0. The molecule has 0 atom stereocenters. The van der Waals surface area contributed by atoms with E-state index < -0.39 is 22.3 Å². The summed E-state index contributed by atoms with van der Waals surface area (Å²) in [6.45, 7) is 23.4. The van der Waals surface area contributed by atoms with Crippen molar-refractivity contribution < 1.29 is 0 Å². The lowest BCUT2D eigenvalue weighted by Crippen LogP contribution is -2.69. The molecule has 0 heterocycles. The first-order chi connectivity index (χ1) is 6.62. The van der Waals surface area contributed by atoms with E-state index in [2.05, 4.69) is 64.6 Å². The molecule has 88 valence electrons. The van der Waals surface area contributed by atoms with Crippen molar-refractivity contribution in [1.29, 1.82) is 0 Å². The molecule has 3 heteroatoms. The Morgan fingerprint density at radius 2 is 1.00 bits per heavy atom. The largest absolute Gasteiger partial charge is 0.103 e. The zero-order valence-corrected chi connectivity index (χ0v) is 14.5. The maximum absolute atomic E-state index is 3.94. The van der Waals surface area contributed by atoms with Crippen molar-refractivity contribution in [3.8, 4) is 0 Å². The van der Waals surface area contributed by atoms with Crippen molar-refractivity contribution in [2.75, 3.05) is 0 Å². The van der Waals surface area contributed by atoms with Gasteiger partial charge in [0, 0.05) is 22.3 Å². The predicted octanol–water partition coefficient (Wildman–Crippen LogP) is 4.64. The normalized spacial score (nSPS) is 13.7. The van der Waals surface area contributed by atoms with Gasteiger partial charge in [0.1, 0.15) is 0 Å². The molecule has 0 aliphatic carbocycles. The Labute approximate surface area is 99.1 Å². The molecule has 0 aromatic carbocycles. The molecule has 0 unspecified atom stereocenters. The summed E-state index contributed by atoms with van der Waals surface area (Å²) in [6.07, 6.45) is 4.30. The van der Waals surface area contributed by atoms with Gasteiger partial charge in [0.25, 0.3) is 0 Å². The zero-order chi connectivity index (χ0) is 12.3. The standard InChI is InChI=1S/C12H28Si3/c1-9-11-13(3,4)15(7,8)14(5,6)12-10-2/h9-10H,1-2,11-12H2,3-8H3. The number of hydrogen-bond donors (Lipinski definition) is 0. The fraction of sp³-hybridized carbons (Fsp3) is 0.667. The molecule has 0 fully saturated rings.